The van der Waals surface area contributed by atoms with Crippen molar-refractivity contribution >= 4 is 23.0 Å². The van der Waals surface area contributed by atoms with Gasteiger partial charge in [-0.05, 0) is 80.4 Å². The highest BCUT2D eigenvalue weighted by Gasteiger charge is 2.44. The van der Waals surface area contributed by atoms with Crippen molar-refractivity contribution in [2.45, 2.75) is 38.5 Å². The molecule has 8 nitrogen and oxygen atoms in total. The number of amides is 2. The number of benzene rings is 1. The van der Waals surface area contributed by atoms with Crippen LogP contribution in [0.5, 0.6) is 0 Å². The van der Waals surface area contributed by atoms with Crippen molar-refractivity contribution in [1.29, 1.82) is 0 Å². The largest absolute Gasteiger partial charge is 0.453 e. The minimum Gasteiger partial charge on any atom is -0.453 e. The second-order valence-corrected chi connectivity index (χ2v) is 11.0. The summed E-state index contributed by atoms with van der Waals surface area (Å²) in [5, 5.41) is 10.6. The van der Waals surface area contributed by atoms with E-state index in [1.165, 1.54) is 30.8 Å². The van der Waals surface area contributed by atoms with Crippen LogP contribution in [0.15, 0.2) is 18.2 Å². The number of carbonyl (C=O) groups excluding carboxylic acids is 2. The maximum atomic E-state index is 12.7. The number of methoxy groups -OCH3 is 1. The van der Waals surface area contributed by atoms with Crippen LogP contribution >= 0.6 is 0 Å². The Bertz CT molecular complexity index is 981. The summed E-state index contributed by atoms with van der Waals surface area (Å²) in [6, 6.07) is 5.33. The molecular weight excluding hydrogens is 418 g/mol. The molecule has 8 rings (SSSR count). The Balaban J connectivity index is 0.000000169. The van der Waals surface area contributed by atoms with E-state index in [0.29, 0.717) is 49.1 Å². The van der Waals surface area contributed by atoms with Gasteiger partial charge in [0, 0.05) is 43.6 Å². The molecule has 1 aromatic carbocycles. The summed E-state index contributed by atoms with van der Waals surface area (Å²) in [6.45, 7) is 2.66. The molecule has 4 aliphatic carbocycles. The standard InChI is InChI=1S/C15H17N5O3.C10H16/c1-23-15(22)20-7-10-5-19(6-11(10)8-20)14(21)9-2-3-12-13(4-9)17-18-16-12;1-7-2-9-4-8(1)5-10(3-7)6-9/h2-4,10-11H,5-8H2,1H3,(H,16,17,18);7-10H,1-6H2/t10-,11+;. The molecule has 2 saturated heterocycles. The fraction of sp³-hybridized carbons (Fsp3) is 0.680. The van der Waals surface area contributed by atoms with Gasteiger partial charge in [-0.15, -0.1) is 0 Å². The zero-order valence-electron chi connectivity index (χ0n) is 19.3. The maximum Gasteiger partial charge on any atom is 0.409 e. The molecule has 33 heavy (non-hydrogen) atoms. The lowest BCUT2D eigenvalue weighted by Crippen LogP contribution is -2.38. The van der Waals surface area contributed by atoms with E-state index in [1.54, 1.807) is 61.6 Å². The number of likely N-dealkylation sites (tertiary alicyclic amines) is 2. The predicted molar refractivity (Wildman–Crippen MR) is 122 cm³/mol. The van der Waals surface area contributed by atoms with Gasteiger partial charge in [-0.3, -0.25) is 4.79 Å². The van der Waals surface area contributed by atoms with Crippen LogP contribution in [0.4, 0.5) is 4.79 Å². The number of ether oxygens (including phenoxy) is 1. The van der Waals surface area contributed by atoms with Crippen molar-refractivity contribution in [2.24, 2.45) is 35.5 Å². The molecular formula is C25H33N5O3. The van der Waals surface area contributed by atoms with Gasteiger partial charge in [-0.2, -0.15) is 15.4 Å². The minimum absolute atomic E-state index is 0.00826. The molecule has 3 heterocycles. The normalized spacial score (nSPS) is 33.7. The Morgan fingerprint density at radius 3 is 1.88 bits per heavy atom. The Morgan fingerprint density at radius 1 is 0.818 bits per heavy atom. The van der Waals surface area contributed by atoms with Gasteiger partial charge in [-0.25, -0.2) is 4.79 Å². The lowest BCUT2D eigenvalue weighted by atomic mass is 9.56. The average molecular weight is 452 g/mol. The lowest BCUT2D eigenvalue weighted by Gasteiger charge is -2.49. The van der Waals surface area contributed by atoms with Gasteiger partial charge in [0.2, 0.25) is 0 Å². The SMILES string of the molecule is C1C2CC3CC1CC(C2)C3.COC(=O)N1C[C@@H]2CN(C(=O)c3ccc4n[nH]nc4c3)C[C@@H]2C1. The molecule has 2 amide bonds. The summed E-state index contributed by atoms with van der Waals surface area (Å²) in [5.74, 6) is 5.37. The van der Waals surface area contributed by atoms with Crippen molar-refractivity contribution in [3.63, 3.8) is 0 Å². The quantitative estimate of drug-likeness (QED) is 0.716. The summed E-state index contributed by atoms with van der Waals surface area (Å²) >= 11 is 0. The number of hydrogen-bond donors (Lipinski definition) is 1. The number of hydrogen-bond acceptors (Lipinski definition) is 5. The van der Waals surface area contributed by atoms with Crippen LogP contribution in [0.25, 0.3) is 11.0 Å². The Labute approximate surface area is 194 Å². The van der Waals surface area contributed by atoms with E-state index in [-0.39, 0.29) is 12.0 Å². The third-order valence-electron chi connectivity index (χ3n) is 8.77. The Hall–Kier alpha value is -2.64. The molecule has 4 bridgehead atoms. The monoisotopic (exact) mass is 451 g/mol. The number of rotatable bonds is 1. The van der Waals surface area contributed by atoms with E-state index in [4.69, 9.17) is 4.74 Å². The van der Waals surface area contributed by atoms with Gasteiger partial charge < -0.3 is 14.5 Å². The fourth-order valence-corrected chi connectivity index (χ4v) is 7.58. The molecule has 6 aliphatic rings. The first-order valence-electron chi connectivity index (χ1n) is 12.5. The summed E-state index contributed by atoms with van der Waals surface area (Å²) < 4.78 is 4.77. The van der Waals surface area contributed by atoms with Crippen LogP contribution in [0.1, 0.15) is 48.9 Å². The van der Waals surface area contributed by atoms with Crippen LogP contribution in [0.2, 0.25) is 0 Å². The average Bonchev–Trinajstić information content (AvgIpc) is 3.52. The predicted octanol–water partition coefficient (Wildman–Crippen LogP) is 3.56. The molecule has 2 aromatic rings. The molecule has 0 radical (unpaired) electrons. The van der Waals surface area contributed by atoms with Crippen LogP contribution in [-0.2, 0) is 4.74 Å². The summed E-state index contributed by atoms with van der Waals surface area (Å²) in [5.41, 5.74) is 2.05. The third-order valence-corrected chi connectivity index (χ3v) is 8.77. The molecule has 0 spiro atoms. The molecule has 2 aliphatic heterocycles. The van der Waals surface area contributed by atoms with Gasteiger partial charge in [0.15, 0.2) is 0 Å². The zero-order valence-corrected chi connectivity index (χ0v) is 19.3. The molecule has 6 fully saturated rings. The van der Waals surface area contributed by atoms with E-state index in [0.717, 1.165) is 5.52 Å². The van der Waals surface area contributed by atoms with E-state index in [2.05, 4.69) is 15.4 Å². The van der Waals surface area contributed by atoms with Crippen molar-refractivity contribution in [2.75, 3.05) is 33.3 Å². The topological polar surface area (TPSA) is 91.4 Å². The van der Waals surface area contributed by atoms with Gasteiger partial charge in [0.25, 0.3) is 5.91 Å². The minimum atomic E-state index is -0.284. The number of carbonyl (C=O) groups is 2. The highest BCUT2D eigenvalue weighted by molar-refractivity contribution is 5.97. The lowest BCUT2D eigenvalue weighted by molar-refractivity contribution is 0.0198. The van der Waals surface area contributed by atoms with E-state index in [1.807, 2.05) is 4.90 Å². The number of aromatic amines is 1. The fourth-order valence-electron chi connectivity index (χ4n) is 7.58. The smallest absolute Gasteiger partial charge is 0.409 e. The van der Waals surface area contributed by atoms with Gasteiger partial charge >= 0.3 is 6.09 Å². The molecule has 176 valence electrons. The van der Waals surface area contributed by atoms with Crippen molar-refractivity contribution in [1.82, 2.24) is 25.2 Å². The second kappa shape index (κ2) is 8.29. The molecule has 2 atom stereocenters. The molecule has 1 aromatic heterocycles. The van der Waals surface area contributed by atoms with Gasteiger partial charge in [0.1, 0.15) is 11.0 Å². The number of fused-ring (bicyclic) bond motifs is 2. The summed E-state index contributed by atoms with van der Waals surface area (Å²) in [6.07, 6.45) is 9.34. The first kappa shape index (κ1) is 20.9. The highest BCUT2D eigenvalue weighted by atomic mass is 16.5. The first-order chi connectivity index (χ1) is 16.1. The van der Waals surface area contributed by atoms with Crippen LogP contribution < -0.4 is 0 Å². The van der Waals surface area contributed by atoms with Crippen molar-refractivity contribution in [3.8, 4) is 0 Å². The third kappa shape index (κ3) is 3.97. The second-order valence-electron chi connectivity index (χ2n) is 11.0. The van der Waals surface area contributed by atoms with E-state index >= 15 is 0 Å². The van der Waals surface area contributed by atoms with Crippen LogP contribution in [0.3, 0.4) is 0 Å². The maximum absolute atomic E-state index is 12.7. The Kier molecular flexibility index (Phi) is 5.26. The van der Waals surface area contributed by atoms with Gasteiger partial charge in [0.05, 0.1) is 7.11 Å². The van der Waals surface area contributed by atoms with Crippen LogP contribution in [-0.4, -0.2) is 70.5 Å². The number of nitrogens with zero attached hydrogens (tertiary/aromatic N) is 4. The summed E-state index contributed by atoms with van der Waals surface area (Å²) in [4.78, 5) is 27.9. The molecule has 8 heteroatoms. The molecule has 1 N–H and O–H groups in total. The summed E-state index contributed by atoms with van der Waals surface area (Å²) in [7, 11) is 1.40. The number of aromatic nitrogens is 3. The van der Waals surface area contributed by atoms with Crippen molar-refractivity contribution < 1.29 is 14.3 Å². The number of nitrogens with one attached hydrogen (secondary N) is 1. The van der Waals surface area contributed by atoms with Gasteiger partial charge in [-0.1, -0.05) is 0 Å². The van der Waals surface area contributed by atoms with E-state index < -0.39 is 0 Å². The zero-order chi connectivity index (χ0) is 22.5. The number of H-pyrrole nitrogens is 1. The Morgan fingerprint density at radius 2 is 1.33 bits per heavy atom. The van der Waals surface area contributed by atoms with E-state index in [9.17, 15) is 9.59 Å². The molecule has 4 saturated carbocycles. The highest BCUT2D eigenvalue weighted by Crippen LogP contribution is 2.53. The molecule has 0 unspecified atom stereocenters. The van der Waals surface area contributed by atoms with Crippen molar-refractivity contribution in [3.05, 3.63) is 23.8 Å². The first-order valence-corrected chi connectivity index (χ1v) is 12.5. The van der Waals surface area contributed by atoms with Crippen LogP contribution in [0, 0.1) is 35.5 Å².